The van der Waals surface area contributed by atoms with Gasteiger partial charge in [-0.3, -0.25) is 4.90 Å². The highest BCUT2D eigenvalue weighted by Crippen LogP contribution is 2.26. The minimum absolute atomic E-state index is 0.0431. The van der Waals surface area contributed by atoms with Crippen molar-refractivity contribution in [3.63, 3.8) is 0 Å². The van der Waals surface area contributed by atoms with Crippen LogP contribution < -0.4 is 0 Å². The molecule has 0 saturated carbocycles. The van der Waals surface area contributed by atoms with E-state index in [9.17, 15) is 13.2 Å². The van der Waals surface area contributed by atoms with Gasteiger partial charge in [-0.1, -0.05) is 78.9 Å². The fourth-order valence-corrected chi connectivity index (χ4v) is 6.55. The summed E-state index contributed by atoms with van der Waals surface area (Å²) in [5, 5.41) is 0. The predicted octanol–water partition coefficient (Wildman–Crippen LogP) is 5.19. The van der Waals surface area contributed by atoms with Crippen LogP contribution in [0.4, 0.5) is 4.79 Å². The van der Waals surface area contributed by atoms with E-state index in [0.29, 0.717) is 11.4 Å². The number of carbonyl (C=O) groups excluding carboxylic acids is 1. The number of hydrogen-bond acceptors (Lipinski definition) is 6. The number of piperidine rings is 1. The number of benzene rings is 3. The van der Waals surface area contributed by atoms with Gasteiger partial charge in [-0.15, -0.1) is 0 Å². The van der Waals surface area contributed by atoms with Gasteiger partial charge >= 0.3 is 6.09 Å². The Kier molecular flexibility index (Phi) is 11.3. The van der Waals surface area contributed by atoms with Crippen LogP contribution in [-0.2, 0) is 26.1 Å². The van der Waals surface area contributed by atoms with Crippen molar-refractivity contribution in [2.75, 3.05) is 47.1 Å². The van der Waals surface area contributed by atoms with Crippen molar-refractivity contribution in [1.29, 1.82) is 0 Å². The number of likely N-dealkylation sites (tertiary alicyclic amines) is 1. The monoisotopic (exact) mass is 579 g/mol. The molecule has 0 spiro atoms. The third-order valence-corrected chi connectivity index (χ3v) is 9.54. The van der Waals surface area contributed by atoms with Gasteiger partial charge in [-0.25, -0.2) is 17.5 Å². The second-order valence-electron chi connectivity index (χ2n) is 10.5. The molecule has 1 aliphatic rings. The molecule has 9 heteroatoms. The molecule has 1 unspecified atom stereocenters. The Bertz CT molecular complexity index is 1300. The average molecular weight is 580 g/mol. The maximum Gasteiger partial charge on any atom is 0.412 e. The molecule has 1 aliphatic heterocycles. The summed E-state index contributed by atoms with van der Waals surface area (Å²) in [6.45, 7) is 3.35. The maximum atomic E-state index is 13.2. The Morgan fingerprint density at radius 1 is 0.927 bits per heavy atom. The third kappa shape index (κ3) is 8.63. The Hall–Kier alpha value is -3.24. The molecule has 0 aliphatic carbocycles. The number of amides is 1. The highest BCUT2D eigenvalue weighted by molar-refractivity contribution is 7.89. The standard InChI is InChI=1S/C32H41N3O5S/c1-33(41(37,38)31-16-10-5-11-17-31)24-29(28-14-8-4-9-15-28)18-21-34-22-19-30(20-23-34)35(26-39-2)32(36)40-25-27-12-6-3-7-13-27/h3-17,29-30H,18-26H2,1-2H3. The van der Waals surface area contributed by atoms with Crippen molar-refractivity contribution in [2.24, 2.45) is 0 Å². The first kappa shape index (κ1) is 30.7. The quantitative estimate of drug-likeness (QED) is 0.260. The van der Waals surface area contributed by atoms with Crippen LogP contribution in [0, 0.1) is 0 Å². The number of rotatable bonds is 13. The highest BCUT2D eigenvalue weighted by Gasteiger charge is 2.30. The number of sulfonamides is 1. The molecule has 4 rings (SSSR count). The van der Waals surface area contributed by atoms with Crippen molar-refractivity contribution < 1.29 is 22.7 Å². The van der Waals surface area contributed by atoms with Crippen molar-refractivity contribution >= 4 is 16.1 Å². The lowest BCUT2D eigenvalue weighted by atomic mass is 9.94. The number of hydrogen-bond donors (Lipinski definition) is 0. The molecule has 0 bridgehead atoms. The number of likely N-dealkylation sites (N-methyl/N-ethyl adjacent to an activating group) is 1. The van der Waals surface area contributed by atoms with Crippen LogP contribution in [0.15, 0.2) is 95.9 Å². The number of carbonyl (C=O) groups is 1. The molecule has 0 N–H and O–H groups in total. The molecule has 1 heterocycles. The largest absolute Gasteiger partial charge is 0.444 e. The summed E-state index contributed by atoms with van der Waals surface area (Å²) in [7, 11) is -0.333. The fourth-order valence-electron chi connectivity index (χ4n) is 5.31. The fraction of sp³-hybridized carbons (Fsp3) is 0.406. The first-order chi connectivity index (χ1) is 19.9. The number of ether oxygens (including phenoxy) is 2. The smallest absolute Gasteiger partial charge is 0.412 e. The van der Waals surface area contributed by atoms with Crippen LogP contribution in [0.25, 0.3) is 0 Å². The molecular formula is C32H41N3O5S. The lowest BCUT2D eigenvalue weighted by Gasteiger charge is -2.38. The van der Waals surface area contributed by atoms with E-state index in [1.165, 1.54) is 4.31 Å². The molecule has 0 aromatic heterocycles. The molecule has 1 amide bonds. The molecule has 41 heavy (non-hydrogen) atoms. The van der Waals surface area contributed by atoms with Gasteiger partial charge in [0, 0.05) is 39.8 Å². The number of methoxy groups -OCH3 is 1. The molecule has 8 nitrogen and oxygen atoms in total. The molecule has 1 fully saturated rings. The second-order valence-corrected chi connectivity index (χ2v) is 12.5. The van der Waals surface area contributed by atoms with E-state index in [4.69, 9.17) is 9.47 Å². The predicted molar refractivity (Wildman–Crippen MR) is 160 cm³/mol. The minimum atomic E-state index is -3.58. The van der Waals surface area contributed by atoms with E-state index in [0.717, 1.165) is 50.0 Å². The summed E-state index contributed by atoms with van der Waals surface area (Å²) in [6, 6.07) is 28.4. The first-order valence-electron chi connectivity index (χ1n) is 14.1. The van der Waals surface area contributed by atoms with Gasteiger partial charge in [0.2, 0.25) is 10.0 Å². The lowest BCUT2D eigenvalue weighted by Crippen LogP contribution is -2.48. The topological polar surface area (TPSA) is 79.4 Å². The highest BCUT2D eigenvalue weighted by atomic mass is 32.2. The van der Waals surface area contributed by atoms with Crippen molar-refractivity contribution in [2.45, 2.75) is 42.7 Å². The Labute approximate surface area is 244 Å². The average Bonchev–Trinajstić information content (AvgIpc) is 3.02. The van der Waals surface area contributed by atoms with Gasteiger partial charge in [0.1, 0.15) is 13.3 Å². The van der Waals surface area contributed by atoms with Crippen LogP contribution >= 0.6 is 0 Å². The van der Waals surface area contributed by atoms with Gasteiger partial charge < -0.3 is 14.4 Å². The van der Waals surface area contributed by atoms with E-state index in [-0.39, 0.29) is 31.4 Å². The Morgan fingerprint density at radius 3 is 2.12 bits per heavy atom. The molecule has 3 aromatic rings. The first-order valence-corrected chi connectivity index (χ1v) is 15.6. The SMILES string of the molecule is COCN(C(=O)OCc1ccccc1)C1CCN(CCC(CN(C)S(=O)(=O)c2ccccc2)c2ccccc2)CC1. The third-order valence-electron chi connectivity index (χ3n) is 7.70. The zero-order valence-corrected chi connectivity index (χ0v) is 24.8. The van der Waals surface area contributed by atoms with E-state index in [1.54, 1.807) is 43.3 Å². The zero-order valence-electron chi connectivity index (χ0n) is 24.0. The van der Waals surface area contributed by atoms with Gasteiger partial charge in [-0.05, 0) is 55.0 Å². The summed E-state index contributed by atoms with van der Waals surface area (Å²) < 4.78 is 38.8. The van der Waals surface area contributed by atoms with Crippen LogP contribution in [-0.4, -0.2) is 81.7 Å². The van der Waals surface area contributed by atoms with Crippen molar-refractivity contribution in [3.05, 3.63) is 102 Å². The Morgan fingerprint density at radius 2 is 1.51 bits per heavy atom. The summed E-state index contributed by atoms with van der Waals surface area (Å²) in [5.41, 5.74) is 2.08. The zero-order chi connectivity index (χ0) is 29.1. The maximum absolute atomic E-state index is 13.2. The van der Waals surface area contributed by atoms with E-state index >= 15 is 0 Å². The van der Waals surface area contributed by atoms with E-state index < -0.39 is 10.0 Å². The molecule has 220 valence electrons. The molecule has 0 radical (unpaired) electrons. The molecular weight excluding hydrogens is 538 g/mol. The summed E-state index contributed by atoms with van der Waals surface area (Å²) in [5.74, 6) is 0.0513. The number of nitrogens with zero attached hydrogens (tertiary/aromatic N) is 3. The van der Waals surface area contributed by atoms with Crippen LogP contribution in [0.5, 0.6) is 0 Å². The molecule has 1 saturated heterocycles. The van der Waals surface area contributed by atoms with Crippen LogP contribution in [0.3, 0.4) is 0 Å². The normalized spacial score (nSPS) is 15.5. The molecule has 3 aromatic carbocycles. The Balaban J connectivity index is 1.33. The van der Waals surface area contributed by atoms with E-state index in [1.807, 2.05) is 54.6 Å². The van der Waals surface area contributed by atoms with Crippen molar-refractivity contribution in [1.82, 2.24) is 14.1 Å². The van der Waals surface area contributed by atoms with Gasteiger partial charge in [0.15, 0.2) is 0 Å². The van der Waals surface area contributed by atoms with Crippen LogP contribution in [0.2, 0.25) is 0 Å². The summed E-state index contributed by atoms with van der Waals surface area (Å²) >= 11 is 0. The van der Waals surface area contributed by atoms with E-state index in [2.05, 4.69) is 17.0 Å². The summed E-state index contributed by atoms with van der Waals surface area (Å²) in [4.78, 5) is 17.3. The minimum Gasteiger partial charge on any atom is -0.444 e. The van der Waals surface area contributed by atoms with Gasteiger partial charge in [-0.2, -0.15) is 0 Å². The lowest BCUT2D eigenvalue weighted by molar-refractivity contribution is 0.00200. The van der Waals surface area contributed by atoms with Gasteiger partial charge in [0.05, 0.1) is 4.90 Å². The van der Waals surface area contributed by atoms with Crippen molar-refractivity contribution in [3.8, 4) is 0 Å². The summed E-state index contributed by atoms with van der Waals surface area (Å²) in [6.07, 6.45) is 2.11. The van der Waals surface area contributed by atoms with Gasteiger partial charge in [0.25, 0.3) is 0 Å². The second kappa shape index (κ2) is 15.1. The van der Waals surface area contributed by atoms with Crippen LogP contribution in [0.1, 0.15) is 36.3 Å². The molecule has 1 atom stereocenters.